The molecular formula is C14H12Cl2N2O3. The van der Waals surface area contributed by atoms with Crippen LogP contribution in [-0.4, -0.2) is 12.0 Å². The molecule has 1 N–H and O–H groups in total. The quantitative estimate of drug-likeness (QED) is 0.648. The van der Waals surface area contributed by atoms with Gasteiger partial charge in [-0.3, -0.25) is 10.1 Å². The monoisotopic (exact) mass is 326 g/mol. The SMILES string of the molecule is COc1cc(CNc2cc(Cl)ccc2Cl)cc([N+](=O)[O-])c1. The summed E-state index contributed by atoms with van der Waals surface area (Å²) in [6.45, 7) is 0.359. The maximum absolute atomic E-state index is 10.9. The lowest BCUT2D eigenvalue weighted by Gasteiger charge is -2.10. The number of ether oxygens (including phenoxy) is 1. The molecule has 0 saturated heterocycles. The van der Waals surface area contributed by atoms with Crippen LogP contribution in [-0.2, 0) is 6.54 Å². The van der Waals surface area contributed by atoms with Crippen LogP contribution in [0, 0.1) is 10.1 Å². The molecule has 0 saturated carbocycles. The highest BCUT2D eigenvalue weighted by Crippen LogP contribution is 2.27. The third kappa shape index (κ3) is 4.00. The molecule has 0 atom stereocenters. The number of rotatable bonds is 5. The predicted molar refractivity (Wildman–Crippen MR) is 83.4 cm³/mol. The molecule has 5 nitrogen and oxygen atoms in total. The summed E-state index contributed by atoms with van der Waals surface area (Å²) >= 11 is 12.0. The molecule has 0 aliphatic rings. The Balaban J connectivity index is 2.21. The summed E-state index contributed by atoms with van der Waals surface area (Å²) in [5, 5.41) is 15.1. The van der Waals surface area contributed by atoms with E-state index in [2.05, 4.69) is 5.32 Å². The first-order chi connectivity index (χ1) is 9.99. The van der Waals surface area contributed by atoms with E-state index < -0.39 is 4.92 Å². The van der Waals surface area contributed by atoms with E-state index >= 15 is 0 Å². The minimum atomic E-state index is -0.460. The van der Waals surface area contributed by atoms with Crippen LogP contribution in [0.3, 0.4) is 0 Å². The van der Waals surface area contributed by atoms with Gasteiger partial charge in [0.15, 0.2) is 0 Å². The number of methoxy groups -OCH3 is 1. The first-order valence-corrected chi connectivity index (χ1v) is 6.76. The molecule has 2 rings (SSSR count). The average molecular weight is 327 g/mol. The van der Waals surface area contributed by atoms with Crippen molar-refractivity contribution in [1.29, 1.82) is 0 Å². The number of benzene rings is 2. The number of nitrogens with one attached hydrogen (secondary N) is 1. The Morgan fingerprint density at radius 3 is 2.67 bits per heavy atom. The van der Waals surface area contributed by atoms with Gasteiger partial charge in [0.25, 0.3) is 5.69 Å². The maximum Gasteiger partial charge on any atom is 0.273 e. The Kier molecular flexibility index (Phi) is 4.88. The van der Waals surface area contributed by atoms with Crippen LogP contribution in [0.5, 0.6) is 5.75 Å². The molecule has 0 aliphatic heterocycles. The molecule has 2 aromatic rings. The van der Waals surface area contributed by atoms with Gasteiger partial charge in [0.1, 0.15) is 5.75 Å². The van der Waals surface area contributed by atoms with Gasteiger partial charge in [0.2, 0.25) is 0 Å². The van der Waals surface area contributed by atoms with Gasteiger partial charge in [0.05, 0.1) is 28.8 Å². The molecule has 21 heavy (non-hydrogen) atoms. The zero-order valence-electron chi connectivity index (χ0n) is 11.1. The number of non-ortho nitro benzene ring substituents is 1. The van der Waals surface area contributed by atoms with Crippen molar-refractivity contribution in [1.82, 2.24) is 0 Å². The molecule has 0 amide bonds. The number of nitrogens with zero attached hydrogens (tertiary/aromatic N) is 1. The normalized spacial score (nSPS) is 10.2. The van der Waals surface area contributed by atoms with Crippen molar-refractivity contribution >= 4 is 34.6 Å². The van der Waals surface area contributed by atoms with Crippen LogP contribution in [0.1, 0.15) is 5.56 Å². The molecule has 0 aromatic heterocycles. The van der Waals surface area contributed by atoms with Crippen LogP contribution in [0.2, 0.25) is 10.0 Å². The lowest BCUT2D eigenvalue weighted by Crippen LogP contribution is -2.01. The third-order valence-corrected chi connectivity index (χ3v) is 3.37. The Hall–Kier alpha value is -1.98. The Bertz CT molecular complexity index is 677. The smallest absolute Gasteiger partial charge is 0.273 e. The van der Waals surface area contributed by atoms with Gasteiger partial charge in [-0.25, -0.2) is 0 Å². The van der Waals surface area contributed by atoms with Gasteiger partial charge >= 0.3 is 0 Å². The molecule has 0 bridgehead atoms. The summed E-state index contributed by atoms with van der Waals surface area (Å²) < 4.78 is 5.06. The molecule has 0 aliphatic carbocycles. The number of nitro benzene ring substituents is 1. The van der Waals surface area contributed by atoms with Crippen molar-refractivity contribution < 1.29 is 9.66 Å². The molecule has 0 fully saturated rings. The standard InChI is InChI=1S/C14H12Cl2N2O3/c1-21-12-5-9(4-11(7-12)18(19)20)8-17-14-6-10(15)2-3-13(14)16/h2-7,17H,8H2,1H3. The van der Waals surface area contributed by atoms with Crippen LogP contribution < -0.4 is 10.1 Å². The zero-order valence-corrected chi connectivity index (χ0v) is 12.6. The summed E-state index contributed by atoms with van der Waals surface area (Å²) in [6, 6.07) is 9.63. The van der Waals surface area contributed by atoms with Crippen molar-refractivity contribution in [3.8, 4) is 5.75 Å². The minimum absolute atomic E-state index is 0.0247. The summed E-state index contributed by atoms with van der Waals surface area (Å²) in [6.07, 6.45) is 0. The van der Waals surface area contributed by atoms with Crippen LogP contribution in [0.25, 0.3) is 0 Å². The fraction of sp³-hybridized carbons (Fsp3) is 0.143. The summed E-state index contributed by atoms with van der Waals surface area (Å²) in [5.74, 6) is 0.429. The Labute approximate surface area is 131 Å². The number of nitro groups is 1. The summed E-state index contributed by atoms with van der Waals surface area (Å²) in [7, 11) is 1.46. The number of anilines is 1. The minimum Gasteiger partial charge on any atom is -0.496 e. The number of hydrogen-bond donors (Lipinski definition) is 1. The van der Waals surface area contributed by atoms with E-state index in [1.165, 1.54) is 19.2 Å². The predicted octanol–water partition coefficient (Wildman–Crippen LogP) is 4.52. The highest BCUT2D eigenvalue weighted by Gasteiger charge is 2.10. The molecular weight excluding hydrogens is 315 g/mol. The second kappa shape index (κ2) is 6.65. The van der Waals surface area contributed by atoms with E-state index in [1.807, 2.05) is 0 Å². The Morgan fingerprint density at radius 2 is 2.00 bits per heavy atom. The van der Waals surface area contributed by atoms with Crippen molar-refractivity contribution in [2.45, 2.75) is 6.54 Å². The van der Waals surface area contributed by atoms with Gasteiger partial charge in [-0.1, -0.05) is 23.2 Å². The molecule has 0 unspecified atom stereocenters. The van der Waals surface area contributed by atoms with E-state index in [-0.39, 0.29) is 5.69 Å². The highest BCUT2D eigenvalue weighted by molar-refractivity contribution is 6.35. The van der Waals surface area contributed by atoms with Crippen LogP contribution >= 0.6 is 23.2 Å². The summed E-state index contributed by atoms with van der Waals surface area (Å²) in [5.41, 5.74) is 1.34. The highest BCUT2D eigenvalue weighted by atomic mass is 35.5. The van der Waals surface area contributed by atoms with Crippen LogP contribution in [0.4, 0.5) is 11.4 Å². The largest absolute Gasteiger partial charge is 0.496 e. The topological polar surface area (TPSA) is 64.4 Å². The van der Waals surface area contributed by atoms with E-state index in [0.717, 1.165) is 0 Å². The number of halogens is 2. The molecule has 110 valence electrons. The van der Waals surface area contributed by atoms with Crippen molar-refractivity contribution in [3.05, 3.63) is 62.1 Å². The number of hydrogen-bond acceptors (Lipinski definition) is 4. The second-order valence-electron chi connectivity index (χ2n) is 4.27. The lowest BCUT2D eigenvalue weighted by atomic mass is 10.2. The first kappa shape index (κ1) is 15.4. The van der Waals surface area contributed by atoms with Crippen molar-refractivity contribution in [2.75, 3.05) is 12.4 Å². The Morgan fingerprint density at radius 1 is 1.24 bits per heavy atom. The average Bonchev–Trinajstić information content (AvgIpc) is 2.47. The van der Waals surface area contributed by atoms with Crippen molar-refractivity contribution in [3.63, 3.8) is 0 Å². The molecule has 0 spiro atoms. The second-order valence-corrected chi connectivity index (χ2v) is 5.12. The fourth-order valence-electron chi connectivity index (χ4n) is 1.80. The van der Waals surface area contributed by atoms with E-state index in [0.29, 0.717) is 33.6 Å². The van der Waals surface area contributed by atoms with Crippen LogP contribution in [0.15, 0.2) is 36.4 Å². The summed E-state index contributed by atoms with van der Waals surface area (Å²) in [4.78, 5) is 10.4. The first-order valence-electron chi connectivity index (χ1n) is 6.01. The van der Waals surface area contributed by atoms with E-state index in [4.69, 9.17) is 27.9 Å². The lowest BCUT2D eigenvalue weighted by molar-refractivity contribution is -0.385. The van der Waals surface area contributed by atoms with Gasteiger partial charge in [-0.05, 0) is 29.8 Å². The van der Waals surface area contributed by atoms with Gasteiger partial charge in [0, 0.05) is 17.6 Å². The van der Waals surface area contributed by atoms with E-state index in [1.54, 1.807) is 24.3 Å². The van der Waals surface area contributed by atoms with Gasteiger partial charge in [-0.15, -0.1) is 0 Å². The molecule has 2 aromatic carbocycles. The molecule has 7 heteroatoms. The van der Waals surface area contributed by atoms with Gasteiger partial charge in [-0.2, -0.15) is 0 Å². The molecule has 0 radical (unpaired) electrons. The maximum atomic E-state index is 10.9. The van der Waals surface area contributed by atoms with E-state index in [9.17, 15) is 10.1 Å². The van der Waals surface area contributed by atoms with Gasteiger partial charge < -0.3 is 10.1 Å². The fourth-order valence-corrected chi connectivity index (χ4v) is 2.16. The third-order valence-electron chi connectivity index (χ3n) is 2.81. The zero-order chi connectivity index (χ0) is 15.4. The molecule has 0 heterocycles. The van der Waals surface area contributed by atoms with Crippen molar-refractivity contribution in [2.24, 2.45) is 0 Å².